The molecule has 0 saturated heterocycles. The van der Waals surface area contributed by atoms with Crippen LogP contribution in [0.15, 0.2) is 12.1 Å². The number of carbonyl (C=O) groups is 1. The van der Waals surface area contributed by atoms with E-state index in [-0.39, 0.29) is 30.7 Å². The van der Waals surface area contributed by atoms with Gasteiger partial charge in [0.2, 0.25) is 0 Å². The molecule has 0 aliphatic carbocycles. The number of halogens is 6. The number of rotatable bonds is 4. The molecule has 0 amide bonds. The van der Waals surface area contributed by atoms with Gasteiger partial charge in [-0.15, -0.1) is 0 Å². The lowest BCUT2D eigenvalue weighted by Gasteiger charge is -2.36. The number of hydrogen-bond donors (Lipinski definition) is 2. The van der Waals surface area contributed by atoms with Crippen molar-refractivity contribution in [3.8, 4) is 0 Å². The zero-order valence-electron chi connectivity index (χ0n) is 14.7. The van der Waals surface area contributed by atoms with E-state index >= 15 is 0 Å². The third kappa shape index (κ3) is 3.34. The smallest absolute Gasteiger partial charge is 0.418 e. The van der Waals surface area contributed by atoms with E-state index in [0.717, 1.165) is 0 Å². The molecule has 10 heteroatoms. The average Bonchev–Trinajstić information content (AvgIpc) is 2.92. The van der Waals surface area contributed by atoms with Crippen LogP contribution >= 0.6 is 0 Å². The van der Waals surface area contributed by atoms with Crippen molar-refractivity contribution in [2.45, 2.75) is 50.6 Å². The van der Waals surface area contributed by atoms with Gasteiger partial charge < -0.3 is 14.8 Å². The second kappa shape index (κ2) is 6.68. The molecule has 28 heavy (non-hydrogen) atoms. The Morgan fingerprint density at radius 3 is 2.32 bits per heavy atom. The molecule has 0 radical (unpaired) electrons. The molecule has 0 spiro atoms. The molecule has 154 valence electrons. The summed E-state index contributed by atoms with van der Waals surface area (Å²) in [5, 5.41) is 8.71. The van der Waals surface area contributed by atoms with Crippen molar-refractivity contribution in [3.05, 3.63) is 34.5 Å². The van der Waals surface area contributed by atoms with Crippen LogP contribution in [0.4, 0.5) is 26.3 Å². The predicted octanol–water partition coefficient (Wildman–Crippen LogP) is 5.25. The first-order valence-electron chi connectivity index (χ1n) is 8.59. The molecule has 1 aliphatic rings. The SMILES string of the molecule is CCCC1(CC(=O)O)OCCc2c1[nH]c1c(C(F)(F)F)ccc(C(F)(F)F)c21. The Morgan fingerprint density at radius 1 is 1.18 bits per heavy atom. The molecule has 1 aromatic carbocycles. The molecule has 1 unspecified atom stereocenters. The number of carboxylic acids is 1. The van der Waals surface area contributed by atoms with E-state index in [1.54, 1.807) is 6.92 Å². The Morgan fingerprint density at radius 2 is 1.79 bits per heavy atom. The minimum absolute atomic E-state index is 0.0137. The Kier molecular flexibility index (Phi) is 4.89. The molecule has 0 fully saturated rings. The third-order valence-electron chi connectivity index (χ3n) is 4.95. The molecule has 3 rings (SSSR count). The van der Waals surface area contributed by atoms with Crippen molar-refractivity contribution in [1.29, 1.82) is 0 Å². The summed E-state index contributed by atoms with van der Waals surface area (Å²) in [5.74, 6) is -1.26. The van der Waals surface area contributed by atoms with Crippen LogP contribution in [0.3, 0.4) is 0 Å². The number of aromatic amines is 1. The second-order valence-corrected chi connectivity index (χ2v) is 6.80. The average molecular weight is 409 g/mol. The van der Waals surface area contributed by atoms with Crippen LogP contribution < -0.4 is 0 Å². The first-order valence-corrected chi connectivity index (χ1v) is 8.59. The zero-order valence-corrected chi connectivity index (χ0v) is 14.7. The number of hydrogen-bond acceptors (Lipinski definition) is 2. The summed E-state index contributed by atoms with van der Waals surface area (Å²) in [6, 6.07) is 0.820. The number of aliphatic carboxylic acids is 1. The molecule has 0 bridgehead atoms. The lowest BCUT2D eigenvalue weighted by molar-refractivity contribution is -0.149. The van der Waals surface area contributed by atoms with Gasteiger partial charge in [0.1, 0.15) is 5.60 Å². The minimum atomic E-state index is -4.88. The van der Waals surface area contributed by atoms with E-state index in [0.29, 0.717) is 18.6 Å². The van der Waals surface area contributed by atoms with Crippen molar-refractivity contribution in [3.63, 3.8) is 0 Å². The van der Waals surface area contributed by atoms with Gasteiger partial charge in [-0.1, -0.05) is 13.3 Å². The summed E-state index contributed by atoms with van der Waals surface area (Å²) in [6.45, 7) is 1.65. The maximum Gasteiger partial charge on any atom is 0.418 e. The molecule has 1 aromatic heterocycles. The van der Waals surface area contributed by atoms with Crippen molar-refractivity contribution < 1.29 is 41.0 Å². The number of alkyl halides is 6. The normalized spacial score (nSPS) is 20.4. The fourth-order valence-corrected chi connectivity index (χ4v) is 3.98. The van der Waals surface area contributed by atoms with E-state index < -0.39 is 52.4 Å². The summed E-state index contributed by atoms with van der Waals surface area (Å²) < 4.78 is 86.5. The number of carboxylic acid groups (broad SMARTS) is 1. The predicted molar refractivity (Wildman–Crippen MR) is 86.8 cm³/mol. The van der Waals surface area contributed by atoms with Crippen LogP contribution in [-0.2, 0) is 33.9 Å². The van der Waals surface area contributed by atoms with Crippen molar-refractivity contribution in [1.82, 2.24) is 4.98 Å². The Balaban J connectivity index is 2.40. The Hall–Kier alpha value is -2.23. The standard InChI is InChI=1S/C18H17F6NO3/c1-2-6-16(8-12(26)27)15-9(5-7-28-16)13-10(17(19,20)21)3-4-11(14(13)25-15)18(22,23)24/h3-4,25H,2,5-8H2,1H3,(H,26,27). The van der Waals surface area contributed by atoms with Gasteiger partial charge in [0.15, 0.2) is 0 Å². The highest BCUT2D eigenvalue weighted by atomic mass is 19.4. The van der Waals surface area contributed by atoms with Gasteiger partial charge in [0.25, 0.3) is 0 Å². The first kappa shape index (κ1) is 20.5. The van der Waals surface area contributed by atoms with Gasteiger partial charge >= 0.3 is 18.3 Å². The van der Waals surface area contributed by atoms with Gasteiger partial charge in [-0.05, 0) is 30.5 Å². The maximum atomic E-state index is 13.5. The van der Waals surface area contributed by atoms with Crippen LogP contribution in [0.25, 0.3) is 10.9 Å². The third-order valence-corrected chi connectivity index (χ3v) is 4.95. The molecule has 2 aromatic rings. The van der Waals surface area contributed by atoms with Gasteiger partial charge in [0.05, 0.1) is 35.4 Å². The van der Waals surface area contributed by atoms with Crippen LogP contribution in [0.2, 0.25) is 0 Å². The van der Waals surface area contributed by atoms with Gasteiger partial charge in [-0.3, -0.25) is 4.79 Å². The van der Waals surface area contributed by atoms with E-state index in [1.165, 1.54) is 0 Å². The number of benzene rings is 1. The fourth-order valence-electron chi connectivity index (χ4n) is 3.98. The number of aromatic nitrogens is 1. The molecular formula is C18H17F6NO3. The lowest BCUT2D eigenvalue weighted by atomic mass is 9.84. The molecular weight excluding hydrogens is 392 g/mol. The van der Waals surface area contributed by atoms with E-state index in [9.17, 15) is 36.2 Å². The number of ether oxygens (including phenoxy) is 1. The summed E-state index contributed by atoms with van der Waals surface area (Å²) in [7, 11) is 0. The minimum Gasteiger partial charge on any atom is -0.481 e. The van der Waals surface area contributed by atoms with Crippen molar-refractivity contribution in [2.75, 3.05) is 6.61 Å². The molecule has 0 saturated carbocycles. The van der Waals surface area contributed by atoms with Crippen LogP contribution in [0, 0.1) is 0 Å². The summed E-state index contributed by atoms with van der Waals surface area (Å²) in [5.41, 5.74) is -4.58. The van der Waals surface area contributed by atoms with Crippen molar-refractivity contribution >= 4 is 16.9 Å². The highest BCUT2D eigenvalue weighted by Gasteiger charge is 2.45. The summed E-state index contributed by atoms with van der Waals surface area (Å²) in [4.78, 5) is 13.8. The van der Waals surface area contributed by atoms with E-state index in [1.807, 2.05) is 0 Å². The van der Waals surface area contributed by atoms with E-state index in [2.05, 4.69) is 4.98 Å². The summed E-state index contributed by atoms with van der Waals surface area (Å²) >= 11 is 0. The zero-order chi connectivity index (χ0) is 20.9. The molecule has 1 aliphatic heterocycles. The topological polar surface area (TPSA) is 62.3 Å². The summed E-state index contributed by atoms with van der Waals surface area (Å²) in [6.07, 6.45) is -9.79. The Bertz CT molecular complexity index is 915. The second-order valence-electron chi connectivity index (χ2n) is 6.80. The largest absolute Gasteiger partial charge is 0.481 e. The first-order chi connectivity index (χ1) is 12.9. The highest BCUT2D eigenvalue weighted by molar-refractivity contribution is 5.92. The molecule has 1 atom stereocenters. The van der Waals surface area contributed by atoms with Gasteiger partial charge in [-0.2, -0.15) is 26.3 Å². The highest BCUT2D eigenvalue weighted by Crippen LogP contribution is 2.48. The van der Waals surface area contributed by atoms with Crippen molar-refractivity contribution in [2.24, 2.45) is 0 Å². The quantitative estimate of drug-likeness (QED) is 0.679. The number of nitrogens with one attached hydrogen (secondary N) is 1. The monoisotopic (exact) mass is 409 g/mol. The number of fused-ring (bicyclic) bond motifs is 3. The van der Waals surface area contributed by atoms with Gasteiger partial charge in [-0.25, -0.2) is 0 Å². The number of H-pyrrole nitrogens is 1. The molecule has 2 N–H and O–H groups in total. The fraction of sp³-hybridized carbons (Fsp3) is 0.500. The van der Waals surface area contributed by atoms with Gasteiger partial charge in [0, 0.05) is 5.39 Å². The lowest BCUT2D eigenvalue weighted by Crippen LogP contribution is -2.37. The van der Waals surface area contributed by atoms with E-state index in [4.69, 9.17) is 4.74 Å². The molecule has 2 heterocycles. The van der Waals surface area contributed by atoms with Crippen LogP contribution in [0.5, 0.6) is 0 Å². The van der Waals surface area contributed by atoms with Crippen LogP contribution in [-0.4, -0.2) is 22.7 Å². The Labute approximate surface area is 155 Å². The van der Waals surface area contributed by atoms with Crippen LogP contribution in [0.1, 0.15) is 48.6 Å². The maximum absolute atomic E-state index is 13.5. The molecule has 4 nitrogen and oxygen atoms in total.